The molecular formula is C22H28N+. The minimum atomic E-state index is 0.0478. The lowest BCUT2D eigenvalue weighted by atomic mass is 9.69. The highest BCUT2D eigenvalue weighted by Gasteiger charge is 2.45. The first kappa shape index (κ1) is 16.0. The predicted molar refractivity (Wildman–Crippen MR) is 98.4 cm³/mol. The van der Waals surface area contributed by atoms with Crippen LogP contribution < -0.4 is 4.57 Å². The van der Waals surface area contributed by atoms with E-state index in [4.69, 9.17) is 0 Å². The number of rotatable bonds is 4. The van der Waals surface area contributed by atoms with E-state index in [0.29, 0.717) is 5.92 Å². The van der Waals surface area contributed by atoms with Crippen LogP contribution in [0.4, 0.5) is 0 Å². The van der Waals surface area contributed by atoms with Gasteiger partial charge in [0.1, 0.15) is 0 Å². The Bertz CT molecular complexity index is 737. The van der Waals surface area contributed by atoms with Crippen LogP contribution in [-0.2, 0) is 5.41 Å². The lowest BCUT2D eigenvalue weighted by Gasteiger charge is -2.35. The molecule has 1 aromatic carbocycles. The molecule has 0 fully saturated rings. The first-order valence-corrected chi connectivity index (χ1v) is 8.94. The molecule has 0 saturated heterocycles. The minimum absolute atomic E-state index is 0.0478. The molecule has 0 bridgehead atoms. The number of nitrogens with zero attached hydrogens (tertiary/aromatic N) is 1. The molecule has 1 aliphatic rings. The monoisotopic (exact) mass is 306 g/mol. The molecule has 0 spiro atoms. The van der Waals surface area contributed by atoms with Gasteiger partial charge in [-0.2, -0.15) is 4.57 Å². The molecule has 0 amide bonds. The molecule has 1 heteroatoms. The van der Waals surface area contributed by atoms with Crippen molar-refractivity contribution in [2.75, 3.05) is 0 Å². The number of fused-ring (bicyclic) bond motifs is 3. The highest BCUT2D eigenvalue weighted by atomic mass is 15.0. The second-order valence-electron chi connectivity index (χ2n) is 6.81. The van der Waals surface area contributed by atoms with Gasteiger partial charge in [0.2, 0.25) is 5.69 Å². The first-order valence-electron chi connectivity index (χ1n) is 8.94. The molecule has 0 radical (unpaired) electrons. The third kappa shape index (κ3) is 2.25. The molecule has 0 saturated carbocycles. The van der Waals surface area contributed by atoms with Crippen molar-refractivity contribution in [2.45, 2.75) is 58.3 Å². The maximum absolute atomic E-state index is 4.51. The summed E-state index contributed by atoms with van der Waals surface area (Å²) in [5, 5.41) is 0. The molecule has 120 valence electrons. The summed E-state index contributed by atoms with van der Waals surface area (Å²) in [6.07, 6.45) is 5.56. The van der Waals surface area contributed by atoms with Gasteiger partial charge in [0, 0.05) is 12.1 Å². The van der Waals surface area contributed by atoms with Crippen LogP contribution in [-0.4, -0.2) is 0 Å². The number of hydrogen-bond acceptors (Lipinski definition) is 0. The Labute approximate surface area is 140 Å². The fraction of sp³-hybridized carbons (Fsp3) is 0.409. The van der Waals surface area contributed by atoms with Crippen LogP contribution in [0.5, 0.6) is 0 Å². The van der Waals surface area contributed by atoms with Crippen molar-refractivity contribution >= 4 is 5.70 Å². The van der Waals surface area contributed by atoms with E-state index in [2.05, 4.69) is 81.4 Å². The van der Waals surface area contributed by atoms with E-state index < -0.39 is 0 Å². The van der Waals surface area contributed by atoms with Crippen molar-refractivity contribution < 1.29 is 4.57 Å². The van der Waals surface area contributed by atoms with Gasteiger partial charge in [-0.3, -0.25) is 0 Å². The average molecular weight is 306 g/mol. The number of aromatic nitrogens is 1. The quantitative estimate of drug-likeness (QED) is 0.638. The lowest BCUT2D eigenvalue weighted by Crippen LogP contribution is -2.48. The van der Waals surface area contributed by atoms with Crippen LogP contribution in [0.25, 0.3) is 17.0 Å². The van der Waals surface area contributed by atoms with Crippen LogP contribution in [0.3, 0.4) is 0 Å². The second-order valence-corrected chi connectivity index (χ2v) is 6.81. The number of hydrogen-bond donors (Lipinski definition) is 0. The fourth-order valence-electron chi connectivity index (χ4n) is 4.05. The maximum atomic E-state index is 4.51. The van der Waals surface area contributed by atoms with Crippen molar-refractivity contribution in [1.29, 1.82) is 0 Å². The smallest absolute Gasteiger partial charge is 0.164 e. The summed E-state index contributed by atoms with van der Waals surface area (Å²) in [6, 6.07) is 13.5. The molecule has 2 heterocycles. The maximum Gasteiger partial charge on any atom is 0.218 e. The van der Waals surface area contributed by atoms with Crippen molar-refractivity contribution in [3.05, 3.63) is 60.3 Å². The van der Waals surface area contributed by atoms with Gasteiger partial charge < -0.3 is 0 Å². The molecule has 3 rings (SSSR count). The van der Waals surface area contributed by atoms with Crippen LogP contribution >= 0.6 is 0 Å². The Morgan fingerprint density at radius 2 is 1.78 bits per heavy atom. The number of allylic oxidation sites excluding steroid dienone is 1. The van der Waals surface area contributed by atoms with Gasteiger partial charge in [0.05, 0.1) is 11.0 Å². The molecule has 1 unspecified atom stereocenters. The van der Waals surface area contributed by atoms with Gasteiger partial charge in [-0.05, 0) is 49.0 Å². The van der Waals surface area contributed by atoms with E-state index in [0.717, 1.165) is 12.8 Å². The Morgan fingerprint density at radius 1 is 1.09 bits per heavy atom. The molecule has 0 N–H and O–H groups in total. The van der Waals surface area contributed by atoms with Crippen LogP contribution in [0.2, 0.25) is 0 Å². The van der Waals surface area contributed by atoms with Crippen molar-refractivity contribution in [3.63, 3.8) is 0 Å². The van der Waals surface area contributed by atoms with Crippen LogP contribution in [0.15, 0.2) is 49.2 Å². The Hall–Kier alpha value is -1.89. The summed E-state index contributed by atoms with van der Waals surface area (Å²) in [5.74, 6) is 0.588. The SMILES string of the molecule is C=C1[n+]2ccc(C(C)CC)cc2-c2ccccc2C1(CC)CC. The van der Waals surface area contributed by atoms with Crippen molar-refractivity contribution in [3.8, 4) is 11.3 Å². The number of benzene rings is 1. The van der Waals surface area contributed by atoms with E-state index in [-0.39, 0.29) is 5.41 Å². The van der Waals surface area contributed by atoms with E-state index in [1.807, 2.05) is 0 Å². The normalized spacial score (nSPS) is 16.6. The third-order valence-electron chi connectivity index (χ3n) is 5.93. The second kappa shape index (κ2) is 5.96. The molecular weight excluding hydrogens is 278 g/mol. The summed E-state index contributed by atoms with van der Waals surface area (Å²) in [7, 11) is 0. The molecule has 1 aromatic heterocycles. The summed E-state index contributed by atoms with van der Waals surface area (Å²) in [4.78, 5) is 0. The standard InChI is InChI=1S/C22H28N/c1-6-16(4)18-13-14-23-17(5)22(7-2,8-3)20-12-10-9-11-19(20)21(23)15-18/h9-16H,5-8H2,1-4H3/q+1. The van der Waals surface area contributed by atoms with Gasteiger partial charge in [0.25, 0.3) is 0 Å². The zero-order chi connectivity index (χ0) is 16.6. The largest absolute Gasteiger partial charge is 0.218 e. The average Bonchev–Trinajstić information content (AvgIpc) is 2.62. The highest BCUT2D eigenvalue weighted by Crippen LogP contribution is 2.46. The van der Waals surface area contributed by atoms with Gasteiger partial charge in [0.15, 0.2) is 11.9 Å². The van der Waals surface area contributed by atoms with Crippen molar-refractivity contribution in [2.24, 2.45) is 0 Å². The predicted octanol–water partition coefficient (Wildman–Crippen LogP) is 5.70. The minimum Gasteiger partial charge on any atom is -0.164 e. The van der Waals surface area contributed by atoms with Crippen LogP contribution in [0, 0.1) is 0 Å². The summed E-state index contributed by atoms with van der Waals surface area (Å²) in [5.41, 5.74) is 6.78. The molecule has 1 aliphatic heterocycles. The van der Waals surface area contributed by atoms with E-state index in [1.54, 1.807) is 0 Å². The first-order chi connectivity index (χ1) is 11.1. The third-order valence-corrected chi connectivity index (χ3v) is 5.93. The van der Waals surface area contributed by atoms with Crippen LogP contribution in [0.1, 0.15) is 64.0 Å². The molecule has 1 atom stereocenters. The zero-order valence-electron chi connectivity index (χ0n) is 14.9. The summed E-state index contributed by atoms with van der Waals surface area (Å²) >= 11 is 0. The number of pyridine rings is 1. The molecule has 0 aliphatic carbocycles. The highest BCUT2D eigenvalue weighted by molar-refractivity contribution is 5.73. The Morgan fingerprint density at radius 3 is 2.43 bits per heavy atom. The van der Waals surface area contributed by atoms with E-state index in [9.17, 15) is 0 Å². The van der Waals surface area contributed by atoms with E-state index in [1.165, 1.54) is 34.5 Å². The zero-order valence-corrected chi connectivity index (χ0v) is 14.9. The Balaban J connectivity index is 2.28. The van der Waals surface area contributed by atoms with Gasteiger partial charge in [-0.15, -0.1) is 0 Å². The van der Waals surface area contributed by atoms with Gasteiger partial charge >= 0.3 is 0 Å². The summed E-state index contributed by atoms with van der Waals surface area (Å²) < 4.78 is 2.32. The molecule has 1 nitrogen and oxygen atoms in total. The van der Waals surface area contributed by atoms with E-state index >= 15 is 0 Å². The van der Waals surface area contributed by atoms with Crippen molar-refractivity contribution in [1.82, 2.24) is 0 Å². The van der Waals surface area contributed by atoms with Gasteiger partial charge in [-0.25, -0.2) is 0 Å². The lowest BCUT2D eigenvalue weighted by molar-refractivity contribution is -0.577. The molecule has 23 heavy (non-hydrogen) atoms. The Kier molecular flexibility index (Phi) is 4.14. The topological polar surface area (TPSA) is 3.88 Å². The molecule has 2 aromatic rings. The summed E-state index contributed by atoms with van der Waals surface area (Å²) in [6.45, 7) is 13.6. The van der Waals surface area contributed by atoms with Gasteiger partial charge in [-0.1, -0.05) is 45.9 Å². The fourth-order valence-corrected chi connectivity index (χ4v) is 4.05.